The molecule has 0 aliphatic carbocycles. The molecule has 1 heterocycles. The molecule has 0 saturated carbocycles. The Morgan fingerprint density at radius 3 is 2.50 bits per heavy atom. The van der Waals surface area contributed by atoms with Gasteiger partial charge in [-0.05, 0) is 54.8 Å². The maximum Gasteiger partial charge on any atom is 0.417 e. The first-order valence-corrected chi connectivity index (χ1v) is 8.98. The predicted molar refractivity (Wildman–Crippen MR) is 103 cm³/mol. The number of phenols is 1. The number of hydrogen-bond acceptors (Lipinski definition) is 3. The molecule has 2 aromatic carbocycles. The summed E-state index contributed by atoms with van der Waals surface area (Å²) < 4.78 is 41.5. The van der Waals surface area contributed by atoms with Gasteiger partial charge >= 0.3 is 12.1 Å². The molecule has 0 amide bonds. The van der Waals surface area contributed by atoms with E-state index < -0.39 is 23.5 Å². The van der Waals surface area contributed by atoms with Gasteiger partial charge in [0.1, 0.15) is 5.75 Å². The predicted octanol–water partition coefficient (Wildman–Crippen LogP) is 4.34. The Balaban J connectivity index is 1.92. The lowest BCUT2D eigenvalue weighted by Gasteiger charge is -2.10. The summed E-state index contributed by atoms with van der Waals surface area (Å²) in [6, 6.07) is 7.23. The van der Waals surface area contributed by atoms with Gasteiger partial charge in [-0.15, -0.1) is 0 Å². The Morgan fingerprint density at radius 1 is 1.10 bits per heavy atom. The highest BCUT2D eigenvalue weighted by molar-refractivity contribution is 5.88. The number of carboxylic acids is 1. The summed E-state index contributed by atoms with van der Waals surface area (Å²) in [5, 5.41) is 18.6. The first-order valence-electron chi connectivity index (χ1n) is 8.98. The van der Waals surface area contributed by atoms with Crippen LogP contribution in [0.4, 0.5) is 13.2 Å². The zero-order valence-electron chi connectivity index (χ0n) is 15.6. The number of aryl methyl sites for hydroxylation is 2. The Labute approximate surface area is 170 Å². The van der Waals surface area contributed by atoms with Crippen molar-refractivity contribution in [2.24, 2.45) is 0 Å². The second kappa shape index (κ2) is 8.74. The van der Waals surface area contributed by atoms with Crippen molar-refractivity contribution >= 4 is 5.97 Å². The summed E-state index contributed by atoms with van der Waals surface area (Å²) in [6.45, 7) is 0.653. The average molecular weight is 414 g/mol. The van der Waals surface area contributed by atoms with Crippen molar-refractivity contribution in [3.8, 4) is 17.6 Å². The number of alkyl halides is 3. The van der Waals surface area contributed by atoms with Gasteiger partial charge in [-0.1, -0.05) is 11.8 Å². The van der Waals surface area contributed by atoms with Crippen LogP contribution in [0.25, 0.3) is 0 Å². The Hall–Kier alpha value is -3.73. The molecule has 0 bridgehead atoms. The maximum atomic E-state index is 13.2. The molecular formula is C22H17F3N2O3. The zero-order valence-corrected chi connectivity index (χ0v) is 15.6. The summed E-state index contributed by atoms with van der Waals surface area (Å²) >= 11 is 0. The molecule has 8 heteroatoms. The van der Waals surface area contributed by atoms with Crippen molar-refractivity contribution in [1.29, 1.82) is 0 Å². The van der Waals surface area contributed by atoms with E-state index in [0.717, 1.165) is 12.1 Å². The molecule has 0 radical (unpaired) electrons. The highest BCUT2D eigenvalue weighted by Gasteiger charge is 2.33. The standard InChI is InChI=1S/C22H17F3N2O3/c23-22(24,25)20-13-19(28)8-7-16(20)5-3-15-4-6-18(21(29)30)12-17(15)2-1-10-27-11-9-26-14-27/h4,6-9,11-14,28H,1-2,10H2,(H,29,30). The van der Waals surface area contributed by atoms with Gasteiger partial charge in [0, 0.05) is 30.1 Å². The van der Waals surface area contributed by atoms with Crippen molar-refractivity contribution in [1.82, 2.24) is 9.55 Å². The molecule has 30 heavy (non-hydrogen) atoms. The molecule has 0 aliphatic heterocycles. The smallest absolute Gasteiger partial charge is 0.417 e. The fraction of sp³-hybridized carbons (Fsp3) is 0.182. The first-order chi connectivity index (χ1) is 14.2. The summed E-state index contributed by atoms with van der Waals surface area (Å²) in [5.41, 5.74) is -0.133. The molecule has 5 nitrogen and oxygen atoms in total. The number of nitrogens with zero attached hydrogens (tertiary/aromatic N) is 2. The zero-order chi connectivity index (χ0) is 21.7. The average Bonchev–Trinajstić information content (AvgIpc) is 3.20. The number of carboxylic acid groups (broad SMARTS) is 1. The number of hydrogen-bond donors (Lipinski definition) is 2. The van der Waals surface area contributed by atoms with Crippen LogP contribution in [-0.2, 0) is 19.1 Å². The topological polar surface area (TPSA) is 75.3 Å². The lowest BCUT2D eigenvalue weighted by molar-refractivity contribution is -0.137. The first kappa shape index (κ1) is 21.0. The molecule has 3 aromatic rings. The third-order valence-electron chi connectivity index (χ3n) is 4.41. The van der Waals surface area contributed by atoms with Gasteiger partial charge in [0.25, 0.3) is 0 Å². The van der Waals surface area contributed by atoms with Crippen molar-refractivity contribution in [3.05, 3.63) is 82.9 Å². The summed E-state index contributed by atoms with van der Waals surface area (Å²) in [4.78, 5) is 15.2. The molecule has 0 aliphatic rings. The van der Waals surface area contributed by atoms with E-state index in [1.165, 1.54) is 18.2 Å². The number of aromatic hydroxyl groups is 1. The molecule has 0 atom stereocenters. The van der Waals surface area contributed by atoms with Crippen molar-refractivity contribution in [3.63, 3.8) is 0 Å². The number of halogens is 3. The van der Waals surface area contributed by atoms with Gasteiger partial charge in [-0.25, -0.2) is 9.78 Å². The van der Waals surface area contributed by atoms with E-state index in [-0.39, 0.29) is 11.1 Å². The molecule has 154 valence electrons. The van der Waals surface area contributed by atoms with Crippen molar-refractivity contribution in [2.45, 2.75) is 25.6 Å². The van der Waals surface area contributed by atoms with E-state index in [1.54, 1.807) is 18.7 Å². The van der Waals surface area contributed by atoms with Crippen LogP contribution in [0.3, 0.4) is 0 Å². The SMILES string of the molecule is O=C(O)c1ccc(C#Cc2ccc(O)cc2C(F)(F)F)c(CCCn2ccnc2)c1. The summed E-state index contributed by atoms with van der Waals surface area (Å²) in [6.07, 6.45) is 1.61. The minimum atomic E-state index is -4.66. The number of aromatic nitrogens is 2. The van der Waals surface area contributed by atoms with Gasteiger partial charge < -0.3 is 14.8 Å². The molecular weight excluding hydrogens is 397 g/mol. The highest BCUT2D eigenvalue weighted by Crippen LogP contribution is 2.33. The fourth-order valence-electron chi connectivity index (χ4n) is 2.94. The van der Waals surface area contributed by atoms with Crippen LogP contribution < -0.4 is 0 Å². The van der Waals surface area contributed by atoms with Crippen LogP contribution >= 0.6 is 0 Å². The van der Waals surface area contributed by atoms with Crippen LogP contribution in [0.2, 0.25) is 0 Å². The summed E-state index contributed by atoms with van der Waals surface area (Å²) in [7, 11) is 0. The van der Waals surface area contributed by atoms with Crippen molar-refractivity contribution in [2.75, 3.05) is 0 Å². The fourth-order valence-corrected chi connectivity index (χ4v) is 2.94. The van der Waals surface area contributed by atoms with Crippen molar-refractivity contribution < 1.29 is 28.2 Å². The Bertz CT molecular complexity index is 1110. The largest absolute Gasteiger partial charge is 0.508 e. The lowest BCUT2D eigenvalue weighted by atomic mass is 9.99. The number of benzene rings is 2. The van der Waals surface area contributed by atoms with Gasteiger partial charge in [0.15, 0.2) is 0 Å². The Kier molecular flexibility index (Phi) is 6.11. The number of rotatable bonds is 5. The second-order valence-electron chi connectivity index (χ2n) is 6.56. The number of aromatic carboxylic acids is 1. The monoisotopic (exact) mass is 414 g/mol. The molecule has 1 aromatic heterocycles. The minimum Gasteiger partial charge on any atom is -0.508 e. The lowest BCUT2D eigenvalue weighted by Crippen LogP contribution is -2.07. The van der Waals surface area contributed by atoms with Crippen LogP contribution in [0, 0.1) is 11.8 Å². The van der Waals surface area contributed by atoms with E-state index in [9.17, 15) is 28.2 Å². The second-order valence-corrected chi connectivity index (χ2v) is 6.56. The van der Waals surface area contributed by atoms with Gasteiger partial charge in [-0.3, -0.25) is 0 Å². The van der Waals surface area contributed by atoms with E-state index in [1.807, 2.05) is 4.57 Å². The van der Waals surface area contributed by atoms with E-state index in [4.69, 9.17) is 0 Å². The van der Waals surface area contributed by atoms with Crippen LogP contribution in [0.1, 0.15) is 39.0 Å². The van der Waals surface area contributed by atoms with Gasteiger partial charge in [-0.2, -0.15) is 13.2 Å². The maximum absolute atomic E-state index is 13.2. The van der Waals surface area contributed by atoms with Gasteiger partial charge in [0.2, 0.25) is 0 Å². The third kappa shape index (κ3) is 5.20. The highest BCUT2D eigenvalue weighted by atomic mass is 19.4. The minimum absolute atomic E-state index is 0.0822. The number of phenolic OH excluding ortho intramolecular Hbond substituents is 1. The normalized spacial score (nSPS) is 11.0. The molecule has 2 N–H and O–H groups in total. The molecule has 0 unspecified atom stereocenters. The van der Waals surface area contributed by atoms with Crippen LogP contribution in [0.15, 0.2) is 55.1 Å². The van der Waals surface area contributed by atoms with Crippen LogP contribution in [0.5, 0.6) is 5.75 Å². The van der Waals surface area contributed by atoms with Gasteiger partial charge in [0.05, 0.1) is 17.5 Å². The Morgan fingerprint density at radius 2 is 1.83 bits per heavy atom. The number of imidazole rings is 1. The van der Waals surface area contributed by atoms with Crippen LogP contribution in [-0.4, -0.2) is 25.7 Å². The molecule has 3 rings (SSSR count). The van der Waals surface area contributed by atoms with E-state index in [2.05, 4.69) is 16.8 Å². The quantitative estimate of drug-likeness (QED) is 0.609. The molecule has 0 saturated heterocycles. The van der Waals surface area contributed by atoms with E-state index >= 15 is 0 Å². The third-order valence-corrected chi connectivity index (χ3v) is 4.41. The summed E-state index contributed by atoms with van der Waals surface area (Å²) in [5.74, 6) is 3.65. The molecule has 0 spiro atoms. The molecule has 0 fully saturated rings. The number of carbonyl (C=O) groups is 1. The van der Waals surface area contributed by atoms with E-state index in [0.29, 0.717) is 36.6 Å².